The molecule has 1 N–H and O–H groups in total. The van der Waals surface area contributed by atoms with Crippen LogP contribution in [0.15, 0.2) is 64.6 Å². The van der Waals surface area contributed by atoms with E-state index in [9.17, 15) is 9.18 Å². The van der Waals surface area contributed by atoms with Gasteiger partial charge in [0.1, 0.15) is 5.82 Å². The van der Waals surface area contributed by atoms with E-state index in [4.69, 9.17) is 0 Å². The van der Waals surface area contributed by atoms with Gasteiger partial charge in [-0.25, -0.2) is 14.4 Å². The first-order chi connectivity index (χ1) is 12.0. The van der Waals surface area contributed by atoms with E-state index in [0.717, 1.165) is 16.3 Å². The zero-order valence-electron chi connectivity index (χ0n) is 13.8. The third kappa shape index (κ3) is 4.64. The lowest BCUT2D eigenvalue weighted by atomic mass is 10.2. The maximum Gasteiger partial charge on any atom is 0.255 e. The Balaban J connectivity index is 1.68. The van der Waals surface area contributed by atoms with Gasteiger partial charge in [-0.2, -0.15) is 0 Å². The maximum atomic E-state index is 13.2. The van der Waals surface area contributed by atoms with Crippen molar-refractivity contribution in [3.8, 4) is 0 Å². The van der Waals surface area contributed by atoms with Crippen molar-refractivity contribution in [2.24, 2.45) is 0 Å². The van der Waals surface area contributed by atoms with Crippen LogP contribution in [0.25, 0.3) is 0 Å². The third-order valence-electron chi connectivity index (χ3n) is 3.37. The first-order valence-electron chi connectivity index (χ1n) is 7.67. The van der Waals surface area contributed by atoms with E-state index in [0.29, 0.717) is 10.8 Å². The molecule has 0 fully saturated rings. The minimum absolute atomic E-state index is 0.280. The Hall–Kier alpha value is -2.73. The smallest absolute Gasteiger partial charge is 0.255 e. The van der Waals surface area contributed by atoms with Crippen molar-refractivity contribution in [1.82, 2.24) is 9.97 Å². The van der Waals surface area contributed by atoms with E-state index in [1.807, 2.05) is 32.0 Å². The molecule has 0 saturated heterocycles. The zero-order valence-corrected chi connectivity index (χ0v) is 14.6. The van der Waals surface area contributed by atoms with E-state index >= 15 is 0 Å². The summed E-state index contributed by atoms with van der Waals surface area (Å²) in [4.78, 5) is 21.9. The zero-order chi connectivity index (χ0) is 17.8. The average Bonchev–Trinajstić information content (AvgIpc) is 2.56. The number of rotatable bonds is 4. The highest BCUT2D eigenvalue weighted by molar-refractivity contribution is 7.99. The van der Waals surface area contributed by atoms with Crippen LogP contribution in [0.5, 0.6) is 0 Å². The van der Waals surface area contributed by atoms with Crippen molar-refractivity contribution >= 4 is 23.4 Å². The standard InChI is InChI=1S/C19H16FN3OS/c1-12-10-13(2)22-19(21-12)25-17-8-6-16(7-9-17)23-18(24)14-4-3-5-15(20)11-14/h3-11H,1-2H3,(H,23,24). The number of carbonyl (C=O) groups is 1. The highest BCUT2D eigenvalue weighted by Crippen LogP contribution is 2.26. The van der Waals surface area contributed by atoms with Crippen LogP contribution in [0.1, 0.15) is 21.7 Å². The van der Waals surface area contributed by atoms with E-state index in [-0.39, 0.29) is 11.5 Å². The number of anilines is 1. The summed E-state index contributed by atoms with van der Waals surface area (Å²) in [6.07, 6.45) is 0. The lowest BCUT2D eigenvalue weighted by Gasteiger charge is -2.07. The van der Waals surface area contributed by atoms with Crippen LogP contribution in [-0.2, 0) is 0 Å². The van der Waals surface area contributed by atoms with E-state index in [1.54, 1.807) is 18.2 Å². The fourth-order valence-corrected chi connectivity index (χ4v) is 3.15. The molecule has 126 valence electrons. The van der Waals surface area contributed by atoms with Gasteiger partial charge in [0.2, 0.25) is 0 Å². The van der Waals surface area contributed by atoms with Crippen LogP contribution in [0, 0.1) is 19.7 Å². The van der Waals surface area contributed by atoms with Gasteiger partial charge >= 0.3 is 0 Å². The number of carbonyl (C=O) groups excluding carboxylic acids is 1. The molecule has 0 unspecified atom stereocenters. The van der Waals surface area contributed by atoms with Gasteiger partial charge in [-0.1, -0.05) is 6.07 Å². The number of halogens is 1. The number of nitrogens with one attached hydrogen (secondary N) is 1. The number of hydrogen-bond acceptors (Lipinski definition) is 4. The second-order valence-electron chi connectivity index (χ2n) is 5.52. The quantitative estimate of drug-likeness (QED) is 0.695. The second kappa shape index (κ2) is 7.44. The number of amides is 1. The number of aryl methyl sites for hydroxylation is 2. The van der Waals surface area contributed by atoms with Gasteiger partial charge in [-0.05, 0) is 74.1 Å². The molecule has 0 aliphatic heterocycles. The Labute approximate surface area is 149 Å². The molecule has 3 rings (SSSR count). The summed E-state index contributed by atoms with van der Waals surface area (Å²) in [5.74, 6) is -0.787. The summed E-state index contributed by atoms with van der Waals surface area (Å²) in [5.41, 5.74) is 2.77. The predicted molar refractivity (Wildman–Crippen MR) is 96.4 cm³/mol. The SMILES string of the molecule is Cc1cc(C)nc(Sc2ccc(NC(=O)c3cccc(F)c3)cc2)n1. The van der Waals surface area contributed by atoms with Gasteiger partial charge in [0.25, 0.3) is 5.91 Å². The molecule has 4 nitrogen and oxygen atoms in total. The number of nitrogens with zero attached hydrogens (tertiary/aromatic N) is 2. The predicted octanol–water partition coefficient (Wildman–Crippen LogP) is 4.64. The molecule has 0 aliphatic carbocycles. The first kappa shape index (κ1) is 17.1. The van der Waals surface area contributed by atoms with E-state index in [1.165, 1.54) is 30.0 Å². The van der Waals surface area contributed by atoms with Crippen molar-refractivity contribution in [2.45, 2.75) is 23.9 Å². The molecule has 0 bridgehead atoms. The minimum Gasteiger partial charge on any atom is -0.322 e. The molecule has 6 heteroatoms. The van der Waals surface area contributed by atoms with Crippen molar-refractivity contribution in [1.29, 1.82) is 0 Å². The van der Waals surface area contributed by atoms with Crippen LogP contribution in [0.2, 0.25) is 0 Å². The van der Waals surface area contributed by atoms with Crippen LogP contribution in [0.4, 0.5) is 10.1 Å². The largest absolute Gasteiger partial charge is 0.322 e. The van der Waals surface area contributed by atoms with Crippen LogP contribution in [-0.4, -0.2) is 15.9 Å². The highest BCUT2D eigenvalue weighted by atomic mass is 32.2. The molecule has 0 saturated carbocycles. The summed E-state index contributed by atoms with van der Waals surface area (Å²) in [6.45, 7) is 3.87. The Kier molecular flexibility index (Phi) is 5.09. The number of hydrogen-bond donors (Lipinski definition) is 1. The topological polar surface area (TPSA) is 54.9 Å². The van der Waals surface area contributed by atoms with Gasteiger partial charge < -0.3 is 5.32 Å². The van der Waals surface area contributed by atoms with E-state index < -0.39 is 5.82 Å². The van der Waals surface area contributed by atoms with Crippen molar-refractivity contribution < 1.29 is 9.18 Å². The summed E-state index contributed by atoms with van der Waals surface area (Å²) in [5, 5.41) is 3.44. The average molecular weight is 353 g/mol. The van der Waals surface area contributed by atoms with E-state index in [2.05, 4.69) is 15.3 Å². The van der Waals surface area contributed by atoms with Gasteiger partial charge in [0.15, 0.2) is 5.16 Å². The highest BCUT2D eigenvalue weighted by Gasteiger charge is 2.08. The molecular formula is C19H16FN3OS. The van der Waals surface area contributed by atoms with Gasteiger partial charge in [-0.15, -0.1) is 0 Å². The Morgan fingerprint density at radius 1 is 1.00 bits per heavy atom. The van der Waals surface area contributed by atoms with Crippen molar-refractivity contribution in [2.75, 3.05) is 5.32 Å². The molecule has 2 aromatic carbocycles. The van der Waals surface area contributed by atoms with Gasteiger partial charge in [-0.3, -0.25) is 4.79 Å². The second-order valence-corrected chi connectivity index (χ2v) is 6.56. The minimum atomic E-state index is -0.437. The molecule has 25 heavy (non-hydrogen) atoms. The monoisotopic (exact) mass is 353 g/mol. The molecule has 1 heterocycles. The van der Waals surface area contributed by atoms with Crippen LogP contribution >= 0.6 is 11.8 Å². The third-order valence-corrected chi connectivity index (χ3v) is 4.24. The summed E-state index contributed by atoms with van der Waals surface area (Å²) >= 11 is 1.46. The Morgan fingerprint density at radius 3 is 2.32 bits per heavy atom. The van der Waals surface area contributed by atoms with Crippen molar-refractivity contribution in [3.05, 3.63) is 77.4 Å². The molecule has 1 amide bonds. The lowest BCUT2D eigenvalue weighted by molar-refractivity contribution is 0.102. The Bertz CT molecular complexity index is 893. The molecule has 0 aliphatic rings. The van der Waals surface area contributed by atoms with Crippen LogP contribution in [0.3, 0.4) is 0 Å². The molecule has 0 atom stereocenters. The summed E-state index contributed by atoms with van der Waals surface area (Å²) in [7, 11) is 0. The summed E-state index contributed by atoms with van der Waals surface area (Å²) < 4.78 is 13.2. The molecule has 0 radical (unpaired) electrons. The first-order valence-corrected chi connectivity index (χ1v) is 8.48. The molecule has 0 spiro atoms. The fourth-order valence-electron chi connectivity index (χ4n) is 2.28. The number of aromatic nitrogens is 2. The normalized spacial score (nSPS) is 10.5. The van der Waals surface area contributed by atoms with Crippen molar-refractivity contribution in [3.63, 3.8) is 0 Å². The molecular weight excluding hydrogens is 337 g/mol. The van der Waals surface area contributed by atoms with Gasteiger partial charge in [0, 0.05) is 27.5 Å². The Morgan fingerprint density at radius 2 is 1.68 bits per heavy atom. The number of benzene rings is 2. The maximum absolute atomic E-state index is 13.2. The van der Waals surface area contributed by atoms with Crippen LogP contribution < -0.4 is 5.32 Å². The lowest BCUT2D eigenvalue weighted by Crippen LogP contribution is -2.11. The summed E-state index contributed by atoms with van der Waals surface area (Å²) in [6, 6.07) is 14.9. The molecule has 3 aromatic rings. The van der Waals surface area contributed by atoms with Gasteiger partial charge in [0.05, 0.1) is 0 Å². The molecule has 1 aromatic heterocycles. The fraction of sp³-hybridized carbons (Fsp3) is 0.105.